The largest absolute Gasteiger partial charge is 0.491 e. The third-order valence-electron chi connectivity index (χ3n) is 4.41. The predicted octanol–water partition coefficient (Wildman–Crippen LogP) is 2.35. The number of hydrogen-bond donors (Lipinski definition) is 2. The maximum absolute atomic E-state index is 11.9. The van der Waals surface area contributed by atoms with E-state index < -0.39 is 5.54 Å². The zero-order valence-corrected chi connectivity index (χ0v) is 13.4. The van der Waals surface area contributed by atoms with E-state index in [0.29, 0.717) is 5.92 Å². The summed E-state index contributed by atoms with van der Waals surface area (Å²) in [4.78, 5) is 11.9. The van der Waals surface area contributed by atoms with Crippen molar-refractivity contribution in [3.63, 3.8) is 0 Å². The Kier molecular flexibility index (Phi) is 4.57. The summed E-state index contributed by atoms with van der Waals surface area (Å²) in [6.45, 7) is 6.60. The van der Waals surface area contributed by atoms with Crippen molar-refractivity contribution in [2.75, 3.05) is 13.7 Å². The van der Waals surface area contributed by atoms with Gasteiger partial charge in [0.15, 0.2) is 0 Å². The van der Waals surface area contributed by atoms with E-state index in [2.05, 4.69) is 31.3 Å². The van der Waals surface area contributed by atoms with Gasteiger partial charge in [0.2, 0.25) is 5.91 Å². The van der Waals surface area contributed by atoms with Crippen LogP contribution >= 0.6 is 0 Å². The first-order chi connectivity index (χ1) is 9.90. The minimum absolute atomic E-state index is 0.284. The smallest absolute Gasteiger partial charge is 0.241 e. The number of aryl methyl sites for hydroxylation is 1. The lowest BCUT2D eigenvalue weighted by atomic mass is 9.93. The van der Waals surface area contributed by atoms with E-state index in [4.69, 9.17) is 10.5 Å². The highest BCUT2D eigenvalue weighted by molar-refractivity contribution is 5.85. The van der Waals surface area contributed by atoms with Gasteiger partial charge in [0.1, 0.15) is 17.9 Å². The highest BCUT2D eigenvalue weighted by atomic mass is 16.5. The summed E-state index contributed by atoms with van der Waals surface area (Å²) in [5.41, 5.74) is 7.19. The molecule has 0 radical (unpaired) electrons. The normalized spacial score (nSPS) is 17.6. The average molecular weight is 290 g/mol. The van der Waals surface area contributed by atoms with Gasteiger partial charge in [0.25, 0.3) is 0 Å². The van der Waals surface area contributed by atoms with Crippen molar-refractivity contribution in [2.45, 2.75) is 45.1 Å². The summed E-state index contributed by atoms with van der Waals surface area (Å²) in [5, 5.41) is 3.11. The van der Waals surface area contributed by atoms with Gasteiger partial charge < -0.3 is 15.8 Å². The minimum Gasteiger partial charge on any atom is -0.491 e. The molecule has 1 atom stereocenters. The summed E-state index contributed by atoms with van der Waals surface area (Å²) >= 11 is 0. The van der Waals surface area contributed by atoms with Gasteiger partial charge in [-0.1, -0.05) is 26.0 Å². The van der Waals surface area contributed by atoms with Crippen LogP contribution in [0.5, 0.6) is 5.75 Å². The maximum Gasteiger partial charge on any atom is 0.241 e. The molecule has 0 aromatic heterocycles. The maximum atomic E-state index is 11.9. The monoisotopic (exact) mass is 290 g/mol. The molecular weight excluding hydrogens is 264 g/mol. The molecule has 4 heteroatoms. The fourth-order valence-electron chi connectivity index (χ4n) is 2.80. The van der Waals surface area contributed by atoms with E-state index in [1.807, 2.05) is 13.0 Å². The molecule has 0 spiro atoms. The second-order valence-electron chi connectivity index (χ2n) is 6.34. The van der Waals surface area contributed by atoms with E-state index in [0.717, 1.165) is 29.7 Å². The van der Waals surface area contributed by atoms with Crippen molar-refractivity contribution in [3.05, 3.63) is 29.3 Å². The molecule has 0 heterocycles. The van der Waals surface area contributed by atoms with Crippen LogP contribution in [0.25, 0.3) is 0 Å². The number of rotatable bonds is 7. The number of ether oxygens (including phenoxy) is 1. The highest BCUT2D eigenvalue weighted by Gasteiger charge is 2.49. The van der Waals surface area contributed by atoms with Gasteiger partial charge in [-0.05, 0) is 55.8 Å². The van der Waals surface area contributed by atoms with Gasteiger partial charge in [-0.3, -0.25) is 4.79 Å². The molecule has 1 saturated carbocycles. The Morgan fingerprint density at radius 1 is 1.48 bits per heavy atom. The van der Waals surface area contributed by atoms with Crippen molar-refractivity contribution < 1.29 is 9.53 Å². The fourth-order valence-corrected chi connectivity index (χ4v) is 2.80. The molecule has 1 aromatic carbocycles. The Morgan fingerprint density at radius 3 is 2.62 bits per heavy atom. The third kappa shape index (κ3) is 3.21. The van der Waals surface area contributed by atoms with Gasteiger partial charge in [0.05, 0.1) is 0 Å². The molecule has 0 bridgehead atoms. The van der Waals surface area contributed by atoms with Gasteiger partial charge >= 0.3 is 0 Å². The molecule has 116 valence electrons. The van der Waals surface area contributed by atoms with E-state index in [-0.39, 0.29) is 18.4 Å². The first kappa shape index (κ1) is 15.8. The van der Waals surface area contributed by atoms with E-state index >= 15 is 0 Å². The SMILES string of the molecule is CNC(COc1cc(C)ccc1C(C)C)(C(N)=O)C1CC1. The number of nitrogens with one attached hydrogen (secondary N) is 1. The molecule has 1 fully saturated rings. The van der Waals surface area contributed by atoms with Crippen LogP contribution in [0.1, 0.15) is 43.7 Å². The Bertz CT molecular complexity index is 524. The average Bonchev–Trinajstić information content (AvgIpc) is 3.24. The van der Waals surface area contributed by atoms with Crippen LogP contribution in [0.15, 0.2) is 18.2 Å². The van der Waals surface area contributed by atoms with Crippen molar-refractivity contribution in [1.82, 2.24) is 5.32 Å². The second kappa shape index (κ2) is 6.06. The topological polar surface area (TPSA) is 64.3 Å². The van der Waals surface area contributed by atoms with E-state index in [1.165, 1.54) is 0 Å². The molecule has 21 heavy (non-hydrogen) atoms. The van der Waals surface area contributed by atoms with Crippen LogP contribution in [0.2, 0.25) is 0 Å². The first-order valence-electron chi connectivity index (χ1n) is 7.63. The molecule has 1 aromatic rings. The predicted molar refractivity (Wildman–Crippen MR) is 84.5 cm³/mol. The number of carbonyl (C=O) groups is 1. The quantitative estimate of drug-likeness (QED) is 0.810. The molecule has 1 unspecified atom stereocenters. The number of likely N-dealkylation sites (N-methyl/N-ethyl adjacent to an activating group) is 1. The Hall–Kier alpha value is -1.55. The number of hydrogen-bond acceptors (Lipinski definition) is 3. The Balaban J connectivity index is 2.21. The summed E-state index contributed by atoms with van der Waals surface area (Å²) in [6.07, 6.45) is 2.05. The zero-order valence-electron chi connectivity index (χ0n) is 13.4. The van der Waals surface area contributed by atoms with Gasteiger partial charge in [-0.2, -0.15) is 0 Å². The number of nitrogens with two attached hydrogens (primary N) is 1. The van der Waals surface area contributed by atoms with Crippen molar-refractivity contribution >= 4 is 5.91 Å². The number of benzene rings is 1. The molecule has 2 rings (SSSR count). The lowest BCUT2D eigenvalue weighted by Gasteiger charge is -2.30. The second-order valence-corrected chi connectivity index (χ2v) is 6.34. The standard InChI is InChI=1S/C17H26N2O2/c1-11(2)14-8-5-12(3)9-15(14)21-10-17(19-4,16(18)20)13-6-7-13/h5,8-9,11,13,19H,6-7,10H2,1-4H3,(H2,18,20). The summed E-state index contributed by atoms with van der Waals surface area (Å²) in [6, 6.07) is 6.21. The number of amides is 1. The molecule has 1 aliphatic rings. The van der Waals surface area contributed by atoms with Crippen molar-refractivity contribution in [2.24, 2.45) is 11.7 Å². The minimum atomic E-state index is -0.752. The van der Waals surface area contributed by atoms with Gasteiger partial charge in [0, 0.05) is 0 Å². The number of primary amides is 1. The molecule has 0 aliphatic heterocycles. The summed E-state index contributed by atoms with van der Waals surface area (Å²) in [7, 11) is 1.78. The highest BCUT2D eigenvalue weighted by Crippen LogP contribution is 2.40. The third-order valence-corrected chi connectivity index (χ3v) is 4.41. The van der Waals surface area contributed by atoms with Crippen LogP contribution in [0.3, 0.4) is 0 Å². The Labute approximate surface area is 127 Å². The van der Waals surface area contributed by atoms with Crippen molar-refractivity contribution in [1.29, 1.82) is 0 Å². The fraction of sp³-hybridized carbons (Fsp3) is 0.588. The molecule has 4 nitrogen and oxygen atoms in total. The first-order valence-corrected chi connectivity index (χ1v) is 7.63. The lowest BCUT2D eigenvalue weighted by Crippen LogP contribution is -2.59. The van der Waals surface area contributed by atoms with Crippen LogP contribution in [-0.2, 0) is 4.79 Å². The van der Waals surface area contributed by atoms with Gasteiger partial charge in [-0.25, -0.2) is 0 Å². The van der Waals surface area contributed by atoms with E-state index in [9.17, 15) is 4.79 Å². The van der Waals surface area contributed by atoms with Crippen LogP contribution in [0.4, 0.5) is 0 Å². The molecule has 1 aliphatic carbocycles. The van der Waals surface area contributed by atoms with Crippen LogP contribution in [0, 0.1) is 12.8 Å². The Morgan fingerprint density at radius 2 is 2.14 bits per heavy atom. The summed E-state index contributed by atoms with van der Waals surface area (Å²) < 4.78 is 6.03. The zero-order chi connectivity index (χ0) is 15.6. The molecular formula is C17H26N2O2. The van der Waals surface area contributed by atoms with Crippen LogP contribution < -0.4 is 15.8 Å². The molecule has 0 saturated heterocycles. The molecule has 3 N–H and O–H groups in total. The molecule has 1 amide bonds. The van der Waals surface area contributed by atoms with E-state index in [1.54, 1.807) is 7.05 Å². The summed E-state index contributed by atoms with van der Waals surface area (Å²) in [5.74, 6) is 1.18. The van der Waals surface area contributed by atoms with Crippen molar-refractivity contribution in [3.8, 4) is 5.75 Å². The lowest BCUT2D eigenvalue weighted by molar-refractivity contribution is -0.126. The van der Waals surface area contributed by atoms with Crippen LogP contribution in [-0.4, -0.2) is 25.1 Å². The van der Waals surface area contributed by atoms with Gasteiger partial charge in [-0.15, -0.1) is 0 Å². The number of carbonyl (C=O) groups excluding carboxylic acids is 1.